The molecule has 0 aromatic heterocycles. The summed E-state index contributed by atoms with van der Waals surface area (Å²) in [6.07, 6.45) is 4.33. The second kappa shape index (κ2) is 8.12. The van der Waals surface area contributed by atoms with E-state index >= 15 is 0 Å². The Bertz CT molecular complexity index is 719. The van der Waals surface area contributed by atoms with Crippen LogP contribution in [-0.4, -0.2) is 44.7 Å². The van der Waals surface area contributed by atoms with Gasteiger partial charge in [0.25, 0.3) is 0 Å². The number of anilines is 1. The summed E-state index contributed by atoms with van der Waals surface area (Å²) in [6.45, 7) is 12.0. The van der Waals surface area contributed by atoms with Gasteiger partial charge in [-0.05, 0) is 60.6 Å². The molecule has 2 aliphatic rings. The molecule has 1 aromatic rings. The first-order valence-corrected chi connectivity index (χ1v) is 12.2. The second-order valence-corrected chi connectivity index (χ2v) is 11.2. The third kappa shape index (κ3) is 4.68. The summed E-state index contributed by atoms with van der Waals surface area (Å²) in [7, 11) is -3.09. The van der Waals surface area contributed by atoms with Gasteiger partial charge in [0, 0.05) is 31.9 Å². The van der Waals surface area contributed by atoms with E-state index in [2.05, 4.69) is 43.0 Å². The Balaban J connectivity index is 1.60. The second-order valence-electron chi connectivity index (χ2n) is 9.14. The fourth-order valence-electron chi connectivity index (χ4n) is 4.58. The van der Waals surface area contributed by atoms with Gasteiger partial charge in [-0.25, -0.2) is 12.7 Å². The summed E-state index contributed by atoms with van der Waals surface area (Å²) in [5.74, 6) is 1.07. The van der Waals surface area contributed by atoms with Gasteiger partial charge in [-0.1, -0.05) is 39.8 Å². The van der Waals surface area contributed by atoms with Crippen molar-refractivity contribution in [1.29, 1.82) is 0 Å². The van der Waals surface area contributed by atoms with E-state index in [9.17, 15) is 8.42 Å². The van der Waals surface area contributed by atoms with Crippen LogP contribution in [0.3, 0.4) is 0 Å². The molecule has 1 unspecified atom stereocenters. The lowest BCUT2D eigenvalue weighted by Gasteiger charge is -2.39. The lowest BCUT2D eigenvalue weighted by molar-refractivity contribution is 0.177. The Morgan fingerprint density at radius 2 is 1.59 bits per heavy atom. The fourth-order valence-corrected chi connectivity index (χ4v) is 6.37. The molecule has 27 heavy (non-hydrogen) atoms. The Kier molecular flexibility index (Phi) is 6.21. The van der Waals surface area contributed by atoms with Crippen molar-refractivity contribution in [3.63, 3.8) is 0 Å². The Morgan fingerprint density at radius 1 is 1.00 bits per heavy atom. The van der Waals surface area contributed by atoms with Gasteiger partial charge in [-0.2, -0.15) is 0 Å². The zero-order chi connectivity index (χ0) is 19.7. The Morgan fingerprint density at radius 3 is 2.15 bits per heavy atom. The molecule has 0 aliphatic carbocycles. The molecular formula is C22H36N2O2S. The fraction of sp³-hybridized carbons (Fsp3) is 0.727. The van der Waals surface area contributed by atoms with E-state index in [0.29, 0.717) is 24.4 Å². The number of rotatable bonds is 6. The smallest absolute Gasteiger partial charge is 0.214 e. The molecule has 2 fully saturated rings. The van der Waals surface area contributed by atoms with Crippen LogP contribution in [0.5, 0.6) is 0 Å². The molecule has 5 heteroatoms. The normalized spacial score (nSPS) is 21.9. The van der Waals surface area contributed by atoms with Crippen LogP contribution in [0.2, 0.25) is 0 Å². The SMILES string of the molecule is CCC(C)c1ccc(N2CCC3(CCN(S(=O)(=O)CC(C)C)CC3)C2)cc1. The van der Waals surface area contributed by atoms with Crippen molar-refractivity contribution in [2.45, 2.75) is 59.3 Å². The standard InChI is InChI=1S/C22H36N2O2S/c1-5-19(4)20-6-8-21(9-7-20)23-13-10-22(17-23)11-14-24(15-12-22)27(25,26)16-18(2)3/h6-9,18-19H,5,10-17H2,1-4H3. The maximum Gasteiger partial charge on any atom is 0.214 e. The topological polar surface area (TPSA) is 40.6 Å². The molecule has 152 valence electrons. The highest BCUT2D eigenvalue weighted by atomic mass is 32.2. The number of hydrogen-bond acceptors (Lipinski definition) is 3. The van der Waals surface area contributed by atoms with E-state index < -0.39 is 10.0 Å². The molecule has 0 N–H and O–H groups in total. The molecule has 0 radical (unpaired) electrons. The third-order valence-electron chi connectivity index (χ3n) is 6.60. The molecule has 2 saturated heterocycles. The van der Waals surface area contributed by atoms with Crippen molar-refractivity contribution in [3.8, 4) is 0 Å². The van der Waals surface area contributed by atoms with Crippen LogP contribution in [0, 0.1) is 11.3 Å². The molecule has 4 nitrogen and oxygen atoms in total. The molecule has 0 amide bonds. The van der Waals surface area contributed by atoms with Gasteiger partial charge in [-0.3, -0.25) is 0 Å². The largest absolute Gasteiger partial charge is 0.371 e. The van der Waals surface area contributed by atoms with E-state index in [1.807, 2.05) is 13.8 Å². The first-order valence-electron chi connectivity index (χ1n) is 10.6. The van der Waals surface area contributed by atoms with E-state index in [0.717, 1.165) is 25.9 Å². The van der Waals surface area contributed by atoms with Gasteiger partial charge in [0.05, 0.1) is 5.75 Å². The molecule has 1 aromatic carbocycles. The first-order chi connectivity index (χ1) is 12.7. The molecule has 2 aliphatic heterocycles. The average molecular weight is 393 g/mol. The van der Waals surface area contributed by atoms with Crippen molar-refractivity contribution in [1.82, 2.24) is 4.31 Å². The van der Waals surface area contributed by atoms with Crippen molar-refractivity contribution in [2.24, 2.45) is 11.3 Å². The highest BCUT2D eigenvalue weighted by Crippen LogP contribution is 2.42. The van der Waals surface area contributed by atoms with E-state index in [4.69, 9.17) is 0 Å². The zero-order valence-corrected chi connectivity index (χ0v) is 18.3. The Labute approximate surface area is 166 Å². The molecule has 3 rings (SSSR count). The monoisotopic (exact) mass is 392 g/mol. The van der Waals surface area contributed by atoms with Crippen LogP contribution in [0.4, 0.5) is 5.69 Å². The minimum absolute atomic E-state index is 0.186. The third-order valence-corrected chi connectivity index (χ3v) is 8.84. The molecule has 1 atom stereocenters. The number of hydrogen-bond donors (Lipinski definition) is 0. The van der Waals surface area contributed by atoms with Gasteiger partial charge < -0.3 is 4.90 Å². The summed E-state index contributed by atoms with van der Waals surface area (Å²) >= 11 is 0. The maximum absolute atomic E-state index is 12.5. The van der Waals surface area contributed by atoms with Gasteiger partial charge in [-0.15, -0.1) is 0 Å². The van der Waals surface area contributed by atoms with Gasteiger partial charge in [0.1, 0.15) is 0 Å². The predicted molar refractivity (Wildman–Crippen MR) is 114 cm³/mol. The molecule has 2 heterocycles. The quantitative estimate of drug-likeness (QED) is 0.717. The number of benzene rings is 1. The summed E-state index contributed by atoms with van der Waals surface area (Å²) in [5.41, 5.74) is 3.02. The molecule has 1 spiro atoms. The summed E-state index contributed by atoms with van der Waals surface area (Å²) < 4.78 is 26.8. The highest BCUT2D eigenvalue weighted by molar-refractivity contribution is 7.89. The van der Waals surface area contributed by atoms with Gasteiger partial charge in [0.15, 0.2) is 0 Å². The van der Waals surface area contributed by atoms with Crippen molar-refractivity contribution in [2.75, 3.05) is 36.8 Å². The minimum atomic E-state index is -3.09. The van der Waals surface area contributed by atoms with Crippen molar-refractivity contribution in [3.05, 3.63) is 29.8 Å². The minimum Gasteiger partial charge on any atom is -0.371 e. The van der Waals surface area contributed by atoms with E-state index in [-0.39, 0.29) is 11.7 Å². The lowest BCUT2D eigenvalue weighted by Crippen LogP contribution is -2.45. The highest BCUT2D eigenvalue weighted by Gasteiger charge is 2.42. The molecule has 0 saturated carbocycles. The zero-order valence-electron chi connectivity index (χ0n) is 17.4. The number of piperidine rings is 1. The number of nitrogens with zero attached hydrogens (tertiary/aromatic N) is 2. The Hall–Kier alpha value is -1.07. The first kappa shape index (κ1) is 20.7. The number of sulfonamides is 1. The summed E-state index contributed by atoms with van der Waals surface area (Å²) in [4.78, 5) is 2.50. The van der Waals surface area contributed by atoms with Crippen LogP contribution in [-0.2, 0) is 10.0 Å². The predicted octanol–water partition coefficient (Wildman–Crippen LogP) is 4.48. The van der Waals surface area contributed by atoms with Crippen LogP contribution in [0.15, 0.2) is 24.3 Å². The van der Waals surface area contributed by atoms with Crippen LogP contribution >= 0.6 is 0 Å². The van der Waals surface area contributed by atoms with Gasteiger partial charge >= 0.3 is 0 Å². The van der Waals surface area contributed by atoms with Crippen molar-refractivity contribution < 1.29 is 8.42 Å². The van der Waals surface area contributed by atoms with E-state index in [1.54, 1.807) is 4.31 Å². The van der Waals surface area contributed by atoms with Crippen LogP contribution in [0.1, 0.15) is 64.9 Å². The van der Waals surface area contributed by atoms with Crippen LogP contribution in [0.25, 0.3) is 0 Å². The lowest BCUT2D eigenvalue weighted by atomic mass is 9.78. The molecular weight excluding hydrogens is 356 g/mol. The van der Waals surface area contributed by atoms with Gasteiger partial charge in [0.2, 0.25) is 10.0 Å². The van der Waals surface area contributed by atoms with Crippen LogP contribution < -0.4 is 4.90 Å². The average Bonchev–Trinajstić information content (AvgIpc) is 3.04. The summed E-state index contributed by atoms with van der Waals surface area (Å²) in [6, 6.07) is 9.08. The van der Waals surface area contributed by atoms with Crippen molar-refractivity contribution >= 4 is 15.7 Å². The molecule has 0 bridgehead atoms. The summed E-state index contributed by atoms with van der Waals surface area (Å²) in [5, 5.41) is 0. The maximum atomic E-state index is 12.5. The van der Waals surface area contributed by atoms with E-state index in [1.165, 1.54) is 24.1 Å².